The van der Waals surface area contributed by atoms with Crippen molar-refractivity contribution < 1.29 is 9.47 Å². The lowest BCUT2D eigenvalue weighted by Gasteiger charge is -2.17. The molecule has 0 bridgehead atoms. The first-order chi connectivity index (χ1) is 13.6. The summed E-state index contributed by atoms with van der Waals surface area (Å²) in [6.07, 6.45) is 0.638. The Hall–Kier alpha value is -3.96. The standard InChI is InChI=1S/C23H17N3O2/c1-27-19-8-7-14(10-20(19)28-2)21-16-9-13-5-3-4-6-15(13)22(16)18(12-25)23(26)17(21)11-24/h3-8,10H,9,26H2,1-2H3. The summed E-state index contributed by atoms with van der Waals surface area (Å²) in [5, 5.41) is 19.6. The number of rotatable bonds is 3. The number of benzene rings is 3. The first-order valence-electron chi connectivity index (χ1n) is 8.73. The van der Waals surface area contributed by atoms with Gasteiger partial charge in [0.1, 0.15) is 12.1 Å². The Bertz CT molecular complexity index is 1200. The fourth-order valence-electron chi connectivity index (χ4n) is 3.95. The normalized spacial score (nSPS) is 11.1. The summed E-state index contributed by atoms with van der Waals surface area (Å²) >= 11 is 0. The Morgan fingerprint density at radius 2 is 1.57 bits per heavy atom. The second-order valence-corrected chi connectivity index (χ2v) is 6.52. The summed E-state index contributed by atoms with van der Waals surface area (Å²) in [6, 6.07) is 17.9. The van der Waals surface area contributed by atoms with Gasteiger partial charge in [0.15, 0.2) is 11.5 Å². The number of nitrogens with zero attached hydrogens (tertiary/aromatic N) is 2. The van der Waals surface area contributed by atoms with Gasteiger partial charge in [-0.05, 0) is 40.8 Å². The number of nitrogens with two attached hydrogens (primary N) is 1. The van der Waals surface area contributed by atoms with Crippen molar-refractivity contribution >= 4 is 5.69 Å². The highest BCUT2D eigenvalue weighted by Gasteiger charge is 2.30. The number of ether oxygens (including phenoxy) is 2. The Labute approximate surface area is 163 Å². The van der Waals surface area contributed by atoms with Crippen LogP contribution in [0.4, 0.5) is 5.69 Å². The minimum Gasteiger partial charge on any atom is -0.493 e. The first kappa shape index (κ1) is 17.5. The van der Waals surface area contributed by atoms with Crippen molar-refractivity contribution in [3.05, 3.63) is 64.7 Å². The maximum Gasteiger partial charge on any atom is 0.161 e. The largest absolute Gasteiger partial charge is 0.493 e. The van der Waals surface area contributed by atoms with Gasteiger partial charge in [-0.1, -0.05) is 30.3 Å². The molecule has 0 aromatic heterocycles. The second-order valence-electron chi connectivity index (χ2n) is 6.52. The molecule has 5 nitrogen and oxygen atoms in total. The van der Waals surface area contributed by atoms with Crippen LogP contribution in [0.3, 0.4) is 0 Å². The highest BCUT2D eigenvalue weighted by molar-refractivity contribution is 5.96. The van der Waals surface area contributed by atoms with Crippen molar-refractivity contribution in [3.63, 3.8) is 0 Å². The topological polar surface area (TPSA) is 92.1 Å². The third-order valence-corrected chi connectivity index (χ3v) is 5.19. The Morgan fingerprint density at radius 1 is 0.893 bits per heavy atom. The van der Waals surface area contributed by atoms with E-state index in [1.165, 1.54) is 0 Å². The zero-order chi connectivity index (χ0) is 19.8. The molecule has 0 saturated heterocycles. The van der Waals surface area contributed by atoms with Gasteiger partial charge in [-0.15, -0.1) is 0 Å². The predicted octanol–water partition coefficient (Wildman–Crippen LogP) is 4.27. The summed E-state index contributed by atoms with van der Waals surface area (Å²) in [4.78, 5) is 0. The summed E-state index contributed by atoms with van der Waals surface area (Å²) in [5.74, 6) is 1.17. The van der Waals surface area contributed by atoms with Gasteiger partial charge in [0, 0.05) is 11.1 Å². The molecular formula is C23H17N3O2. The third-order valence-electron chi connectivity index (χ3n) is 5.19. The van der Waals surface area contributed by atoms with E-state index in [9.17, 15) is 10.5 Å². The monoisotopic (exact) mass is 367 g/mol. The van der Waals surface area contributed by atoms with Crippen LogP contribution in [-0.4, -0.2) is 14.2 Å². The Morgan fingerprint density at radius 3 is 2.25 bits per heavy atom. The fourth-order valence-corrected chi connectivity index (χ4v) is 3.95. The molecule has 2 N–H and O–H groups in total. The van der Waals surface area contributed by atoms with Crippen LogP contribution in [0.2, 0.25) is 0 Å². The first-order valence-corrected chi connectivity index (χ1v) is 8.73. The molecule has 1 aliphatic rings. The highest BCUT2D eigenvalue weighted by atomic mass is 16.5. The van der Waals surface area contributed by atoms with E-state index in [4.69, 9.17) is 15.2 Å². The maximum atomic E-state index is 9.86. The van der Waals surface area contributed by atoms with Gasteiger partial charge < -0.3 is 15.2 Å². The number of hydrogen-bond acceptors (Lipinski definition) is 5. The maximum absolute atomic E-state index is 9.86. The van der Waals surface area contributed by atoms with E-state index < -0.39 is 0 Å². The van der Waals surface area contributed by atoms with Crippen LogP contribution in [0.1, 0.15) is 22.3 Å². The molecule has 28 heavy (non-hydrogen) atoms. The molecule has 0 radical (unpaired) electrons. The molecule has 3 aromatic carbocycles. The number of hydrogen-bond donors (Lipinski definition) is 1. The average molecular weight is 367 g/mol. The SMILES string of the molecule is COc1ccc(-c2c(C#N)c(N)c(C#N)c3c2Cc2ccccc2-3)cc1OC. The van der Waals surface area contributed by atoms with Crippen molar-refractivity contribution in [2.75, 3.05) is 20.0 Å². The van der Waals surface area contributed by atoms with Gasteiger partial charge in [0.2, 0.25) is 0 Å². The van der Waals surface area contributed by atoms with Crippen molar-refractivity contribution in [1.82, 2.24) is 0 Å². The lowest BCUT2D eigenvalue weighted by Crippen LogP contribution is -2.03. The van der Waals surface area contributed by atoms with E-state index in [-0.39, 0.29) is 5.69 Å². The van der Waals surface area contributed by atoms with Gasteiger partial charge in [-0.25, -0.2) is 0 Å². The summed E-state index contributed by atoms with van der Waals surface area (Å²) in [6.45, 7) is 0. The number of anilines is 1. The van der Waals surface area contributed by atoms with Gasteiger partial charge in [-0.3, -0.25) is 0 Å². The van der Waals surface area contributed by atoms with Crippen molar-refractivity contribution in [2.24, 2.45) is 0 Å². The number of methoxy groups -OCH3 is 2. The van der Waals surface area contributed by atoms with Gasteiger partial charge in [0.05, 0.1) is 31.0 Å². The van der Waals surface area contributed by atoms with Crippen LogP contribution < -0.4 is 15.2 Å². The smallest absolute Gasteiger partial charge is 0.161 e. The minimum atomic E-state index is 0.213. The van der Waals surface area contributed by atoms with Crippen LogP contribution in [0.5, 0.6) is 11.5 Å². The molecule has 0 spiro atoms. The molecule has 0 amide bonds. The van der Waals surface area contributed by atoms with Crippen LogP contribution in [0.15, 0.2) is 42.5 Å². The fraction of sp³-hybridized carbons (Fsp3) is 0.130. The molecule has 0 fully saturated rings. The van der Waals surface area contributed by atoms with Gasteiger partial charge in [-0.2, -0.15) is 10.5 Å². The van der Waals surface area contributed by atoms with Crippen molar-refractivity contribution in [2.45, 2.75) is 6.42 Å². The van der Waals surface area contributed by atoms with E-state index in [1.807, 2.05) is 36.4 Å². The summed E-state index contributed by atoms with van der Waals surface area (Å²) in [7, 11) is 3.15. The quantitative estimate of drug-likeness (QED) is 0.546. The zero-order valence-electron chi connectivity index (χ0n) is 15.5. The molecule has 0 saturated carbocycles. The number of nitriles is 2. The third kappa shape index (κ3) is 2.38. The lowest BCUT2D eigenvalue weighted by molar-refractivity contribution is 0.355. The molecule has 3 aromatic rings. The Balaban J connectivity index is 2.09. The summed E-state index contributed by atoms with van der Waals surface area (Å²) < 4.78 is 10.8. The minimum absolute atomic E-state index is 0.213. The Kier molecular flexibility index (Phi) is 4.14. The van der Waals surface area contributed by atoms with Crippen LogP contribution >= 0.6 is 0 Å². The average Bonchev–Trinajstić information content (AvgIpc) is 3.11. The van der Waals surface area contributed by atoms with E-state index >= 15 is 0 Å². The molecule has 5 heteroatoms. The second kappa shape index (κ2) is 6.64. The van der Waals surface area contributed by atoms with Gasteiger partial charge >= 0.3 is 0 Å². The van der Waals surface area contributed by atoms with E-state index in [2.05, 4.69) is 12.1 Å². The van der Waals surface area contributed by atoms with E-state index in [1.54, 1.807) is 20.3 Å². The van der Waals surface area contributed by atoms with Crippen LogP contribution in [-0.2, 0) is 6.42 Å². The van der Waals surface area contributed by atoms with E-state index in [0.717, 1.165) is 33.4 Å². The molecule has 0 atom stereocenters. The number of nitrogen functional groups attached to an aromatic ring is 1. The predicted molar refractivity (Wildman–Crippen MR) is 107 cm³/mol. The molecule has 136 valence electrons. The lowest BCUT2D eigenvalue weighted by atomic mass is 9.87. The molecule has 0 aliphatic heterocycles. The molecular weight excluding hydrogens is 350 g/mol. The highest BCUT2D eigenvalue weighted by Crippen LogP contribution is 2.48. The molecule has 4 rings (SSSR count). The van der Waals surface area contributed by atoms with Gasteiger partial charge in [0.25, 0.3) is 0 Å². The van der Waals surface area contributed by atoms with Crippen molar-refractivity contribution in [3.8, 4) is 45.9 Å². The number of fused-ring (bicyclic) bond motifs is 3. The van der Waals surface area contributed by atoms with Crippen LogP contribution in [0.25, 0.3) is 22.3 Å². The van der Waals surface area contributed by atoms with E-state index in [0.29, 0.717) is 29.0 Å². The van der Waals surface area contributed by atoms with Crippen molar-refractivity contribution in [1.29, 1.82) is 10.5 Å². The summed E-state index contributed by atoms with van der Waals surface area (Å²) in [5.41, 5.74) is 12.6. The molecule has 0 unspecified atom stereocenters. The van der Waals surface area contributed by atoms with Crippen LogP contribution in [0, 0.1) is 22.7 Å². The molecule has 1 aliphatic carbocycles. The zero-order valence-corrected chi connectivity index (χ0v) is 15.5. The molecule has 0 heterocycles.